The normalized spacial score (nSPS) is 9.50. The molecule has 0 atom stereocenters. The number of H-pyrrole nitrogens is 1. The van der Waals surface area contributed by atoms with Crippen molar-refractivity contribution in [1.29, 1.82) is 0 Å². The van der Waals surface area contributed by atoms with Gasteiger partial charge in [-0.1, -0.05) is 0 Å². The average Bonchev–Trinajstić information content (AvgIpc) is 2.08. The van der Waals surface area contributed by atoms with Crippen LogP contribution >= 0.6 is 0 Å². The Bertz CT molecular complexity index is 356. The zero-order chi connectivity index (χ0) is 9.14. The number of nitrogens with zero attached hydrogens (tertiary/aromatic N) is 1. The third-order valence-corrected chi connectivity index (χ3v) is 1.35. The molecular weight excluding hydrogens is 160 g/mol. The number of aromatic nitrogens is 2. The van der Waals surface area contributed by atoms with Crippen LogP contribution in [-0.4, -0.2) is 23.0 Å². The molecule has 0 radical (unpaired) electrons. The number of esters is 1. The van der Waals surface area contributed by atoms with E-state index in [1.807, 2.05) is 0 Å². The first-order chi connectivity index (χ1) is 5.65. The van der Waals surface area contributed by atoms with Gasteiger partial charge in [0.25, 0.3) is 5.56 Å². The second-order valence-corrected chi connectivity index (χ2v) is 2.19. The van der Waals surface area contributed by atoms with Gasteiger partial charge in [-0.3, -0.25) is 4.79 Å². The predicted molar refractivity (Wildman–Crippen MR) is 40.9 cm³/mol. The lowest BCUT2D eigenvalue weighted by atomic mass is 10.4. The summed E-state index contributed by atoms with van der Waals surface area (Å²) in [6, 6.07) is 0. The molecule has 1 N–H and O–H groups in total. The van der Waals surface area contributed by atoms with E-state index in [1.165, 1.54) is 20.2 Å². The molecule has 1 aromatic heterocycles. The fourth-order valence-electron chi connectivity index (χ4n) is 0.711. The molecule has 0 fully saturated rings. The van der Waals surface area contributed by atoms with Crippen LogP contribution in [0.2, 0.25) is 0 Å². The van der Waals surface area contributed by atoms with Gasteiger partial charge in [-0.25, -0.2) is 9.78 Å². The van der Waals surface area contributed by atoms with Crippen LogP contribution in [0.3, 0.4) is 0 Å². The second-order valence-electron chi connectivity index (χ2n) is 2.19. The molecule has 5 heteroatoms. The number of rotatable bonds is 1. The lowest BCUT2D eigenvalue weighted by molar-refractivity contribution is 0.0593. The summed E-state index contributed by atoms with van der Waals surface area (Å²) in [5, 5.41) is 0. The fourth-order valence-corrected chi connectivity index (χ4v) is 0.711. The van der Waals surface area contributed by atoms with Crippen LogP contribution in [0, 0.1) is 6.92 Å². The Balaban J connectivity index is 3.13. The number of aryl methyl sites for hydroxylation is 1. The zero-order valence-corrected chi connectivity index (χ0v) is 6.75. The number of carbonyl (C=O) groups excluding carboxylic acids is 1. The summed E-state index contributed by atoms with van der Waals surface area (Å²) in [6.45, 7) is 1.52. The summed E-state index contributed by atoms with van der Waals surface area (Å²) in [5.74, 6) is -0.561. The largest absolute Gasteiger partial charge is 0.464 e. The van der Waals surface area contributed by atoms with Crippen LogP contribution in [0.4, 0.5) is 0 Å². The molecule has 1 heterocycles. The SMILES string of the molecule is COC(=O)c1c[nH]c(=O)c(C)n1. The topological polar surface area (TPSA) is 72.1 Å². The molecule has 1 aromatic rings. The predicted octanol–water partition coefficient (Wildman–Crippen LogP) is -0.135. The van der Waals surface area contributed by atoms with E-state index in [9.17, 15) is 9.59 Å². The number of methoxy groups -OCH3 is 1. The number of nitrogens with one attached hydrogen (secondary N) is 1. The van der Waals surface area contributed by atoms with Crippen LogP contribution in [0.15, 0.2) is 11.0 Å². The average molecular weight is 168 g/mol. The Morgan fingerprint density at radius 1 is 1.67 bits per heavy atom. The molecule has 0 amide bonds. The highest BCUT2D eigenvalue weighted by atomic mass is 16.5. The number of carbonyl (C=O) groups is 1. The first-order valence-electron chi connectivity index (χ1n) is 3.30. The van der Waals surface area contributed by atoms with Gasteiger partial charge in [-0.15, -0.1) is 0 Å². The van der Waals surface area contributed by atoms with Crippen molar-refractivity contribution < 1.29 is 9.53 Å². The van der Waals surface area contributed by atoms with E-state index in [-0.39, 0.29) is 16.9 Å². The van der Waals surface area contributed by atoms with Gasteiger partial charge in [0.05, 0.1) is 7.11 Å². The van der Waals surface area contributed by atoms with Crippen LogP contribution < -0.4 is 5.56 Å². The molecule has 5 nitrogen and oxygen atoms in total. The van der Waals surface area contributed by atoms with Crippen molar-refractivity contribution in [2.45, 2.75) is 6.92 Å². The first kappa shape index (κ1) is 8.45. The Kier molecular flexibility index (Phi) is 2.23. The van der Waals surface area contributed by atoms with E-state index in [0.29, 0.717) is 0 Å². The molecule has 0 saturated heterocycles. The minimum atomic E-state index is -0.561. The minimum absolute atomic E-state index is 0.106. The van der Waals surface area contributed by atoms with Crippen LogP contribution in [0.1, 0.15) is 16.2 Å². The third kappa shape index (κ3) is 1.50. The monoisotopic (exact) mass is 168 g/mol. The van der Waals surface area contributed by atoms with E-state index in [0.717, 1.165) is 0 Å². The van der Waals surface area contributed by atoms with Crippen molar-refractivity contribution >= 4 is 5.97 Å². The molecule has 0 bridgehead atoms. The van der Waals surface area contributed by atoms with E-state index in [4.69, 9.17) is 0 Å². The number of aromatic amines is 1. The van der Waals surface area contributed by atoms with Gasteiger partial charge in [0, 0.05) is 6.20 Å². The van der Waals surface area contributed by atoms with E-state index in [1.54, 1.807) is 0 Å². The summed E-state index contributed by atoms with van der Waals surface area (Å²) in [5.41, 5.74) is 0.0511. The zero-order valence-electron chi connectivity index (χ0n) is 6.75. The van der Waals surface area contributed by atoms with Gasteiger partial charge in [-0.2, -0.15) is 0 Å². The van der Waals surface area contributed by atoms with E-state index in [2.05, 4.69) is 14.7 Å². The van der Waals surface area contributed by atoms with Crippen LogP contribution in [0.25, 0.3) is 0 Å². The lowest BCUT2D eigenvalue weighted by Crippen LogP contribution is -2.15. The van der Waals surface area contributed by atoms with Gasteiger partial charge in [0.2, 0.25) is 0 Å². The molecule has 0 spiro atoms. The maximum atomic E-state index is 10.9. The highest BCUT2D eigenvalue weighted by molar-refractivity contribution is 5.86. The van der Waals surface area contributed by atoms with Gasteiger partial charge >= 0.3 is 5.97 Å². The molecule has 0 unspecified atom stereocenters. The van der Waals surface area contributed by atoms with Gasteiger partial charge < -0.3 is 9.72 Å². The summed E-state index contributed by atoms with van der Waals surface area (Å²) in [4.78, 5) is 27.8. The Morgan fingerprint density at radius 3 is 2.83 bits per heavy atom. The second kappa shape index (κ2) is 3.17. The maximum Gasteiger partial charge on any atom is 0.358 e. The minimum Gasteiger partial charge on any atom is -0.464 e. The van der Waals surface area contributed by atoms with Gasteiger partial charge in [0.1, 0.15) is 5.69 Å². The van der Waals surface area contributed by atoms with Crippen molar-refractivity contribution in [3.63, 3.8) is 0 Å². The van der Waals surface area contributed by atoms with Crippen LogP contribution in [-0.2, 0) is 4.74 Å². The summed E-state index contributed by atoms with van der Waals surface area (Å²) < 4.78 is 4.41. The summed E-state index contributed by atoms with van der Waals surface area (Å²) in [6.07, 6.45) is 1.22. The summed E-state index contributed by atoms with van der Waals surface area (Å²) in [7, 11) is 1.25. The number of ether oxygens (including phenoxy) is 1. The molecule has 0 aliphatic heterocycles. The highest BCUT2D eigenvalue weighted by Gasteiger charge is 2.07. The quantitative estimate of drug-likeness (QED) is 0.592. The smallest absolute Gasteiger partial charge is 0.358 e. The van der Waals surface area contributed by atoms with E-state index >= 15 is 0 Å². The maximum absolute atomic E-state index is 10.9. The Hall–Kier alpha value is -1.65. The molecule has 0 saturated carbocycles. The highest BCUT2D eigenvalue weighted by Crippen LogP contribution is 1.92. The molecule has 1 rings (SSSR count). The Morgan fingerprint density at radius 2 is 2.33 bits per heavy atom. The standard InChI is InChI=1S/C7H8N2O3/c1-4-6(10)8-3-5(9-4)7(11)12-2/h3H,1-2H3,(H,8,10). The van der Waals surface area contributed by atoms with Crippen molar-refractivity contribution in [1.82, 2.24) is 9.97 Å². The van der Waals surface area contributed by atoms with Crippen molar-refractivity contribution in [3.8, 4) is 0 Å². The molecule has 0 aliphatic rings. The Labute approximate surface area is 68.4 Å². The number of hydrogen-bond donors (Lipinski definition) is 1. The molecule has 12 heavy (non-hydrogen) atoms. The van der Waals surface area contributed by atoms with Gasteiger partial charge in [-0.05, 0) is 6.92 Å². The first-order valence-corrected chi connectivity index (χ1v) is 3.30. The molecular formula is C7H8N2O3. The van der Waals surface area contributed by atoms with Crippen molar-refractivity contribution in [2.24, 2.45) is 0 Å². The number of hydrogen-bond acceptors (Lipinski definition) is 4. The summed E-state index contributed by atoms with van der Waals surface area (Å²) >= 11 is 0. The molecule has 0 aromatic carbocycles. The van der Waals surface area contributed by atoms with Crippen molar-refractivity contribution in [3.05, 3.63) is 27.9 Å². The van der Waals surface area contributed by atoms with Crippen molar-refractivity contribution in [2.75, 3.05) is 7.11 Å². The van der Waals surface area contributed by atoms with Gasteiger partial charge in [0.15, 0.2) is 5.69 Å². The lowest BCUT2D eigenvalue weighted by Gasteiger charge is -1.97. The van der Waals surface area contributed by atoms with Crippen LogP contribution in [0.5, 0.6) is 0 Å². The molecule has 64 valence electrons. The fraction of sp³-hybridized carbons (Fsp3) is 0.286. The third-order valence-electron chi connectivity index (χ3n) is 1.35. The molecule has 0 aliphatic carbocycles. The van der Waals surface area contributed by atoms with E-state index < -0.39 is 5.97 Å².